The summed E-state index contributed by atoms with van der Waals surface area (Å²) in [4.78, 5) is 10.8. The average molecular weight is 208 g/mol. The molecule has 0 saturated heterocycles. The number of carboxylic acids is 1. The molecule has 0 amide bonds. The lowest BCUT2D eigenvalue weighted by Gasteiger charge is -2.14. The summed E-state index contributed by atoms with van der Waals surface area (Å²) >= 11 is 0. The number of rotatable bonds is 3. The number of benzene rings is 1. The number of hydrogen-bond donors (Lipinski definition) is 2. The van der Waals surface area contributed by atoms with Crippen molar-refractivity contribution >= 4 is 5.97 Å². The van der Waals surface area contributed by atoms with E-state index < -0.39 is 11.9 Å². The average Bonchev–Trinajstić information content (AvgIpc) is 2.16. The van der Waals surface area contributed by atoms with Crippen LogP contribution in [0.3, 0.4) is 0 Å². The van der Waals surface area contributed by atoms with Gasteiger partial charge in [-0.1, -0.05) is 32.0 Å². The number of phenols is 1. The summed E-state index contributed by atoms with van der Waals surface area (Å²) in [6.07, 6.45) is 0. The van der Waals surface area contributed by atoms with E-state index in [1.807, 2.05) is 19.9 Å². The predicted molar refractivity (Wildman–Crippen MR) is 58.2 cm³/mol. The molecule has 0 aliphatic carbocycles. The molecule has 1 unspecified atom stereocenters. The molecule has 2 N–H and O–H groups in total. The van der Waals surface area contributed by atoms with Crippen LogP contribution < -0.4 is 0 Å². The zero-order valence-electron chi connectivity index (χ0n) is 9.19. The lowest BCUT2D eigenvalue weighted by Crippen LogP contribution is -2.08. The molecule has 15 heavy (non-hydrogen) atoms. The summed E-state index contributed by atoms with van der Waals surface area (Å²) in [5.41, 5.74) is 1.27. The normalized spacial score (nSPS) is 12.8. The lowest BCUT2D eigenvalue weighted by atomic mass is 9.93. The van der Waals surface area contributed by atoms with E-state index in [1.165, 1.54) is 0 Å². The van der Waals surface area contributed by atoms with Crippen molar-refractivity contribution in [3.8, 4) is 5.75 Å². The second-order valence-electron chi connectivity index (χ2n) is 4.00. The van der Waals surface area contributed by atoms with Gasteiger partial charge in [-0.25, -0.2) is 0 Å². The van der Waals surface area contributed by atoms with Gasteiger partial charge in [0.25, 0.3) is 0 Å². The van der Waals surface area contributed by atoms with Crippen molar-refractivity contribution in [3.05, 3.63) is 29.3 Å². The first-order valence-electron chi connectivity index (χ1n) is 4.99. The zero-order chi connectivity index (χ0) is 11.6. The second kappa shape index (κ2) is 4.34. The molecule has 1 atom stereocenters. The summed E-state index contributed by atoms with van der Waals surface area (Å²) in [6.45, 7) is 5.50. The van der Waals surface area contributed by atoms with E-state index in [0.717, 1.165) is 5.56 Å². The molecule has 0 aliphatic rings. The molecule has 0 spiro atoms. The van der Waals surface area contributed by atoms with Crippen LogP contribution >= 0.6 is 0 Å². The van der Waals surface area contributed by atoms with Gasteiger partial charge in [0.1, 0.15) is 5.75 Å². The van der Waals surface area contributed by atoms with Crippen LogP contribution in [0.15, 0.2) is 18.2 Å². The minimum Gasteiger partial charge on any atom is -0.507 e. The Kier molecular flexibility index (Phi) is 3.35. The van der Waals surface area contributed by atoms with Gasteiger partial charge in [-0.05, 0) is 18.4 Å². The highest BCUT2D eigenvalue weighted by molar-refractivity contribution is 5.77. The molecular formula is C12H16O3. The Hall–Kier alpha value is -1.51. The van der Waals surface area contributed by atoms with Gasteiger partial charge in [0.2, 0.25) is 0 Å². The monoisotopic (exact) mass is 208 g/mol. The number of aliphatic carboxylic acids is 1. The van der Waals surface area contributed by atoms with Crippen LogP contribution in [0.1, 0.15) is 43.7 Å². The van der Waals surface area contributed by atoms with Crippen molar-refractivity contribution in [1.82, 2.24) is 0 Å². The van der Waals surface area contributed by atoms with E-state index >= 15 is 0 Å². The molecule has 0 saturated carbocycles. The van der Waals surface area contributed by atoms with Gasteiger partial charge in [0, 0.05) is 5.56 Å². The number of phenolic OH excluding ortho intramolecular Hbond substituents is 1. The molecule has 3 nitrogen and oxygen atoms in total. The number of hydrogen-bond acceptors (Lipinski definition) is 2. The molecule has 1 aromatic carbocycles. The van der Waals surface area contributed by atoms with E-state index in [0.29, 0.717) is 5.56 Å². The van der Waals surface area contributed by atoms with E-state index in [4.69, 9.17) is 5.11 Å². The highest BCUT2D eigenvalue weighted by Crippen LogP contribution is 2.33. The molecule has 0 fully saturated rings. The highest BCUT2D eigenvalue weighted by Gasteiger charge is 2.19. The Morgan fingerprint density at radius 2 is 1.73 bits per heavy atom. The fraction of sp³-hybridized carbons (Fsp3) is 0.417. The molecular weight excluding hydrogens is 192 g/mol. The quantitative estimate of drug-likeness (QED) is 0.802. The number of aromatic hydroxyl groups is 1. The Balaban J connectivity index is 3.21. The van der Waals surface area contributed by atoms with Crippen LogP contribution in [0.4, 0.5) is 0 Å². The summed E-state index contributed by atoms with van der Waals surface area (Å²) in [6, 6.07) is 5.25. The maximum absolute atomic E-state index is 10.8. The first-order chi connectivity index (χ1) is 6.95. The lowest BCUT2D eigenvalue weighted by molar-refractivity contribution is -0.138. The van der Waals surface area contributed by atoms with Crippen molar-refractivity contribution in [3.63, 3.8) is 0 Å². The van der Waals surface area contributed by atoms with Gasteiger partial charge in [-0.15, -0.1) is 0 Å². The second-order valence-corrected chi connectivity index (χ2v) is 4.00. The van der Waals surface area contributed by atoms with Crippen molar-refractivity contribution in [2.24, 2.45) is 0 Å². The number of carboxylic acid groups (broad SMARTS) is 1. The van der Waals surface area contributed by atoms with Crippen molar-refractivity contribution in [2.45, 2.75) is 32.6 Å². The van der Waals surface area contributed by atoms with Crippen molar-refractivity contribution < 1.29 is 15.0 Å². The smallest absolute Gasteiger partial charge is 0.310 e. The largest absolute Gasteiger partial charge is 0.507 e. The third kappa shape index (κ3) is 2.29. The van der Waals surface area contributed by atoms with E-state index in [1.54, 1.807) is 19.1 Å². The Bertz CT molecular complexity index is 369. The third-order valence-corrected chi connectivity index (χ3v) is 2.56. The minimum atomic E-state index is -0.925. The SMILES string of the molecule is CC(C)c1cccc(C(C)C(=O)O)c1O. The molecule has 82 valence electrons. The van der Waals surface area contributed by atoms with Crippen LogP contribution in [-0.2, 0) is 4.79 Å². The Labute approximate surface area is 89.4 Å². The molecule has 0 heterocycles. The van der Waals surface area contributed by atoms with Gasteiger partial charge in [0.15, 0.2) is 0 Å². The van der Waals surface area contributed by atoms with E-state index in [9.17, 15) is 9.90 Å². The molecule has 1 aromatic rings. The maximum atomic E-state index is 10.8. The van der Waals surface area contributed by atoms with E-state index in [2.05, 4.69) is 0 Å². The molecule has 1 rings (SSSR count). The predicted octanol–water partition coefficient (Wildman–Crippen LogP) is 2.70. The first kappa shape index (κ1) is 11.6. The molecule has 0 aromatic heterocycles. The third-order valence-electron chi connectivity index (χ3n) is 2.56. The van der Waals surface area contributed by atoms with Crippen molar-refractivity contribution in [1.29, 1.82) is 0 Å². The minimum absolute atomic E-state index is 0.113. The Morgan fingerprint density at radius 1 is 1.20 bits per heavy atom. The summed E-state index contributed by atoms with van der Waals surface area (Å²) in [5, 5.41) is 18.8. The van der Waals surface area contributed by atoms with Crippen LogP contribution in [0.5, 0.6) is 5.75 Å². The van der Waals surface area contributed by atoms with Gasteiger partial charge in [-0.3, -0.25) is 4.79 Å². The molecule has 0 radical (unpaired) electrons. The van der Waals surface area contributed by atoms with Crippen molar-refractivity contribution in [2.75, 3.05) is 0 Å². The summed E-state index contributed by atoms with van der Waals surface area (Å²) in [5.74, 6) is -1.30. The van der Waals surface area contributed by atoms with Gasteiger partial charge >= 0.3 is 5.97 Å². The molecule has 0 bridgehead atoms. The fourth-order valence-electron chi connectivity index (χ4n) is 1.53. The topological polar surface area (TPSA) is 57.5 Å². The number of carbonyl (C=O) groups is 1. The van der Waals surface area contributed by atoms with Crippen LogP contribution in [0, 0.1) is 0 Å². The number of para-hydroxylation sites is 1. The first-order valence-corrected chi connectivity index (χ1v) is 4.99. The molecule has 0 aliphatic heterocycles. The maximum Gasteiger partial charge on any atom is 0.310 e. The highest BCUT2D eigenvalue weighted by atomic mass is 16.4. The fourth-order valence-corrected chi connectivity index (χ4v) is 1.53. The summed E-state index contributed by atoms with van der Waals surface area (Å²) < 4.78 is 0. The zero-order valence-corrected chi connectivity index (χ0v) is 9.19. The van der Waals surface area contributed by atoms with Gasteiger partial charge < -0.3 is 10.2 Å². The van der Waals surface area contributed by atoms with Crippen LogP contribution in [0.25, 0.3) is 0 Å². The van der Waals surface area contributed by atoms with Crippen LogP contribution in [-0.4, -0.2) is 16.2 Å². The van der Waals surface area contributed by atoms with E-state index in [-0.39, 0.29) is 11.7 Å². The van der Waals surface area contributed by atoms with Gasteiger partial charge in [-0.2, -0.15) is 0 Å². The molecule has 3 heteroatoms. The summed E-state index contributed by atoms with van der Waals surface area (Å²) in [7, 11) is 0. The Morgan fingerprint density at radius 3 is 2.20 bits per heavy atom. The standard InChI is InChI=1S/C12H16O3/c1-7(2)9-5-4-6-10(11(9)13)8(3)12(14)15/h4-8,13H,1-3H3,(H,14,15). The van der Waals surface area contributed by atoms with Gasteiger partial charge in [0.05, 0.1) is 5.92 Å². The van der Waals surface area contributed by atoms with Crippen LogP contribution in [0.2, 0.25) is 0 Å².